The maximum atomic E-state index is 11.7. The molecule has 3 N–H and O–H groups in total. The van der Waals surface area contributed by atoms with E-state index in [0.29, 0.717) is 24.6 Å². The standard InChI is InChI=1S/C13H24N2O3S/c1-9(12(16)17)5-4-8-14-13(18)15-10-6-3-7-11(10)19-2/h9-11H,3-8H2,1-2H3,(H,16,17)(H2,14,15,18). The van der Waals surface area contributed by atoms with Crippen molar-refractivity contribution in [3.63, 3.8) is 0 Å². The lowest BCUT2D eigenvalue weighted by Crippen LogP contribution is -2.44. The van der Waals surface area contributed by atoms with Gasteiger partial charge in [0.1, 0.15) is 0 Å². The minimum absolute atomic E-state index is 0.131. The van der Waals surface area contributed by atoms with E-state index >= 15 is 0 Å². The van der Waals surface area contributed by atoms with Crippen molar-refractivity contribution in [2.75, 3.05) is 12.8 Å². The highest BCUT2D eigenvalue weighted by atomic mass is 32.2. The molecular weight excluding hydrogens is 264 g/mol. The zero-order chi connectivity index (χ0) is 14.3. The second kappa shape index (κ2) is 8.30. The summed E-state index contributed by atoms with van der Waals surface area (Å²) in [5.74, 6) is -1.13. The lowest BCUT2D eigenvalue weighted by atomic mass is 10.1. The highest BCUT2D eigenvalue weighted by molar-refractivity contribution is 7.99. The molecule has 0 aromatic heterocycles. The van der Waals surface area contributed by atoms with E-state index in [1.54, 1.807) is 6.92 Å². The number of hydrogen-bond donors (Lipinski definition) is 3. The summed E-state index contributed by atoms with van der Waals surface area (Å²) < 4.78 is 0. The Morgan fingerprint density at radius 2 is 2.16 bits per heavy atom. The van der Waals surface area contributed by atoms with Gasteiger partial charge < -0.3 is 15.7 Å². The van der Waals surface area contributed by atoms with Crippen LogP contribution in [0.3, 0.4) is 0 Å². The third-order valence-corrected chi connectivity index (χ3v) is 4.76. The van der Waals surface area contributed by atoms with Crippen LogP contribution in [-0.4, -0.2) is 41.2 Å². The van der Waals surface area contributed by atoms with Gasteiger partial charge in [-0.1, -0.05) is 13.3 Å². The van der Waals surface area contributed by atoms with E-state index in [-0.39, 0.29) is 18.0 Å². The van der Waals surface area contributed by atoms with Crippen LogP contribution in [0.25, 0.3) is 0 Å². The molecule has 3 atom stereocenters. The average molecular weight is 288 g/mol. The van der Waals surface area contributed by atoms with Gasteiger partial charge in [0.15, 0.2) is 0 Å². The van der Waals surface area contributed by atoms with Gasteiger partial charge in [-0.25, -0.2) is 4.79 Å². The highest BCUT2D eigenvalue weighted by Gasteiger charge is 2.27. The van der Waals surface area contributed by atoms with E-state index in [4.69, 9.17) is 5.11 Å². The molecule has 3 unspecified atom stereocenters. The molecule has 0 heterocycles. The first-order valence-electron chi connectivity index (χ1n) is 6.84. The molecule has 0 spiro atoms. The molecule has 0 saturated heterocycles. The van der Waals surface area contributed by atoms with Crippen molar-refractivity contribution in [3.8, 4) is 0 Å². The first kappa shape index (κ1) is 16.1. The number of thioether (sulfide) groups is 1. The molecule has 1 saturated carbocycles. The summed E-state index contributed by atoms with van der Waals surface area (Å²) in [6, 6.07) is 0.141. The largest absolute Gasteiger partial charge is 0.481 e. The molecule has 1 rings (SSSR count). The summed E-state index contributed by atoms with van der Waals surface area (Å²) in [4.78, 5) is 22.3. The topological polar surface area (TPSA) is 78.4 Å². The molecule has 2 amide bonds. The Kier molecular flexibility index (Phi) is 7.05. The fourth-order valence-electron chi connectivity index (χ4n) is 2.33. The number of amides is 2. The molecule has 0 aromatic carbocycles. The minimum Gasteiger partial charge on any atom is -0.481 e. The molecule has 0 aromatic rings. The van der Waals surface area contributed by atoms with Crippen LogP contribution in [0.15, 0.2) is 0 Å². The monoisotopic (exact) mass is 288 g/mol. The predicted molar refractivity (Wildman–Crippen MR) is 77.5 cm³/mol. The number of urea groups is 1. The van der Waals surface area contributed by atoms with Crippen LogP contribution in [0.5, 0.6) is 0 Å². The van der Waals surface area contributed by atoms with Crippen LogP contribution in [0.1, 0.15) is 39.0 Å². The quantitative estimate of drug-likeness (QED) is 0.627. The SMILES string of the molecule is CSC1CCCC1NC(=O)NCCCC(C)C(=O)O. The van der Waals surface area contributed by atoms with E-state index in [1.165, 1.54) is 12.8 Å². The molecule has 5 nitrogen and oxygen atoms in total. The number of rotatable bonds is 7. The van der Waals surface area contributed by atoms with Crippen molar-refractivity contribution in [3.05, 3.63) is 0 Å². The number of aliphatic carboxylic acids is 1. The third kappa shape index (κ3) is 5.72. The fraction of sp³-hybridized carbons (Fsp3) is 0.846. The van der Waals surface area contributed by atoms with Crippen LogP contribution in [0.4, 0.5) is 4.79 Å². The number of carbonyl (C=O) groups is 2. The van der Waals surface area contributed by atoms with Crippen LogP contribution >= 0.6 is 11.8 Å². The Labute approximate surface area is 118 Å². The predicted octanol–water partition coefficient (Wildman–Crippen LogP) is 2.07. The molecule has 110 valence electrons. The molecule has 0 bridgehead atoms. The molecular formula is C13H24N2O3S. The van der Waals surface area contributed by atoms with Gasteiger partial charge in [0.05, 0.1) is 5.92 Å². The van der Waals surface area contributed by atoms with Gasteiger partial charge in [-0.05, 0) is 31.9 Å². The van der Waals surface area contributed by atoms with Gasteiger partial charge in [-0.2, -0.15) is 11.8 Å². The van der Waals surface area contributed by atoms with Gasteiger partial charge >= 0.3 is 12.0 Å². The summed E-state index contributed by atoms with van der Waals surface area (Å²) in [5.41, 5.74) is 0. The third-order valence-electron chi connectivity index (χ3n) is 3.59. The second-order valence-corrected chi connectivity index (χ2v) is 6.17. The lowest BCUT2D eigenvalue weighted by Gasteiger charge is -2.19. The molecule has 19 heavy (non-hydrogen) atoms. The first-order valence-corrected chi connectivity index (χ1v) is 8.13. The Morgan fingerprint density at radius 3 is 2.79 bits per heavy atom. The Bertz CT molecular complexity index is 312. The van der Waals surface area contributed by atoms with Crippen molar-refractivity contribution in [1.29, 1.82) is 0 Å². The fourth-order valence-corrected chi connectivity index (χ4v) is 3.26. The molecule has 6 heteroatoms. The van der Waals surface area contributed by atoms with Gasteiger partial charge in [-0.15, -0.1) is 0 Å². The summed E-state index contributed by atoms with van der Waals surface area (Å²) in [5, 5.41) is 15.1. The summed E-state index contributed by atoms with van der Waals surface area (Å²) >= 11 is 1.81. The van der Waals surface area contributed by atoms with E-state index in [2.05, 4.69) is 16.9 Å². The Hall–Kier alpha value is -0.910. The van der Waals surface area contributed by atoms with Crippen LogP contribution in [0, 0.1) is 5.92 Å². The zero-order valence-corrected chi connectivity index (χ0v) is 12.5. The van der Waals surface area contributed by atoms with E-state index in [1.807, 2.05) is 11.8 Å². The van der Waals surface area contributed by atoms with E-state index in [9.17, 15) is 9.59 Å². The Morgan fingerprint density at radius 1 is 1.42 bits per heavy atom. The van der Waals surface area contributed by atoms with Crippen LogP contribution in [-0.2, 0) is 4.79 Å². The summed E-state index contributed by atoms with van der Waals surface area (Å²) in [6.07, 6.45) is 6.75. The minimum atomic E-state index is -0.779. The van der Waals surface area contributed by atoms with Gasteiger partial charge in [-0.3, -0.25) is 4.79 Å². The molecule has 1 aliphatic rings. The average Bonchev–Trinajstić information content (AvgIpc) is 2.81. The number of carboxylic acid groups (broad SMARTS) is 1. The maximum Gasteiger partial charge on any atom is 0.315 e. The Balaban J connectivity index is 2.13. The molecule has 1 aliphatic carbocycles. The number of nitrogens with one attached hydrogen (secondary N) is 2. The van der Waals surface area contributed by atoms with Gasteiger partial charge in [0.2, 0.25) is 0 Å². The van der Waals surface area contributed by atoms with E-state index in [0.717, 1.165) is 6.42 Å². The van der Waals surface area contributed by atoms with Crippen LogP contribution in [0.2, 0.25) is 0 Å². The van der Waals surface area contributed by atoms with Crippen molar-refractivity contribution in [2.45, 2.75) is 50.3 Å². The first-order chi connectivity index (χ1) is 9.04. The molecule has 1 fully saturated rings. The normalized spacial score (nSPS) is 23.9. The molecule has 0 aliphatic heterocycles. The zero-order valence-electron chi connectivity index (χ0n) is 11.6. The van der Waals surface area contributed by atoms with Crippen molar-refractivity contribution >= 4 is 23.8 Å². The second-order valence-electron chi connectivity index (χ2n) is 5.09. The number of carbonyl (C=O) groups excluding carboxylic acids is 1. The summed E-state index contributed by atoms with van der Waals surface area (Å²) in [6.45, 7) is 2.21. The lowest BCUT2D eigenvalue weighted by molar-refractivity contribution is -0.141. The number of hydrogen-bond acceptors (Lipinski definition) is 3. The van der Waals surface area contributed by atoms with Crippen molar-refractivity contribution in [1.82, 2.24) is 10.6 Å². The molecule has 0 radical (unpaired) electrons. The smallest absolute Gasteiger partial charge is 0.315 e. The van der Waals surface area contributed by atoms with Crippen LogP contribution < -0.4 is 10.6 Å². The maximum absolute atomic E-state index is 11.7. The van der Waals surface area contributed by atoms with E-state index < -0.39 is 5.97 Å². The van der Waals surface area contributed by atoms with Crippen molar-refractivity contribution in [2.24, 2.45) is 5.92 Å². The number of carboxylic acids is 1. The highest BCUT2D eigenvalue weighted by Crippen LogP contribution is 2.28. The van der Waals surface area contributed by atoms with Gasteiger partial charge in [0.25, 0.3) is 0 Å². The summed E-state index contributed by atoms with van der Waals surface area (Å²) in [7, 11) is 0. The van der Waals surface area contributed by atoms with Gasteiger partial charge in [0, 0.05) is 17.8 Å². The van der Waals surface area contributed by atoms with Crippen molar-refractivity contribution < 1.29 is 14.7 Å².